The minimum absolute atomic E-state index is 0.123. The Morgan fingerprint density at radius 3 is 2.63 bits per heavy atom. The quantitative estimate of drug-likeness (QED) is 0.488. The highest BCUT2D eigenvalue weighted by Gasteiger charge is 2.21. The van der Waals surface area contributed by atoms with Gasteiger partial charge in [0.05, 0.1) is 18.0 Å². The first-order valence-electron chi connectivity index (χ1n) is 9.59. The topological polar surface area (TPSA) is 121 Å². The number of hydrogen-bond donors (Lipinski definition) is 3. The normalized spacial score (nSPS) is 11.8. The highest BCUT2D eigenvalue weighted by Crippen LogP contribution is 2.12. The molecule has 3 N–H and O–H groups in total. The molecule has 0 aliphatic heterocycles. The first kappa shape index (κ1) is 21.0. The molecule has 0 aliphatic carbocycles. The number of phenolic OH excluding ortho intramolecular Hbond substituents is 1. The van der Waals surface area contributed by atoms with Crippen LogP contribution < -0.4 is 10.9 Å². The number of aromatic hydroxyl groups is 1. The zero-order chi connectivity index (χ0) is 21.5. The molecule has 0 fully saturated rings. The maximum absolute atomic E-state index is 12.3. The van der Waals surface area contributed by atoms with Crippen LogP contribution in [0.2, 0.25) is 0 Å². The number of carbonyl (C=O) groups excluding carboxylic acids is 2. The Hall–Kier alpha value is -3.68. The SMILES string of the molecule is COC(=O)[C@@H](Cc1ccc(O)cc1)NC(=O)CCCc1nc2ccccc2c(=O)[nH]1. The van der Waals surface area contributed by atoms with Crippen molar-refractivity contribution in [3.8, 4) is 5.75 Å². The van der Waals surface area contributed by atoms with E-state index in [9.17, 15) is 19.5 Å². The Bertz CT molecular complexity index is 1090. The number of benzene rings is 2. The number of amides is 1. The van der Waals surface area contributed by atoms with Gasteiger partial charge >= 0.3 is 5.97 Å². The Labute approximate surface area is 172 Å². The number of hydrogen-bond acceptors (Lipinski definition) is 6. The molecule has 1 heterocycles. The summed E-state index contributed by atoms with van der Waals surface area (Å²) < 4.78 is 4.78. The molecule has 8 nitrogen and oxygen atoms in total. The summed E-state index contributed by atoms with van der Waals surface area (Å²) in [6.07, 6.45) is 1.30. The van der Waals surface area contributed by atoms with Crippen molar-refractivity contribution in [3.63, 3.8) is 0 Å². The fourth-order valence-corrected chi connectivity index (χ4v) is 3.14. The van der Waals surface area contributed by atoms with Crippen LogP contribution in [0.1, 0.15) is 24.2 Å². The molecule has 0 bridgehead atoms. The number of esters is 1. The Morgan fingerprint density at radius 2 is 1.90 bits per heavy atom. The third-order valence-electron chi connectivity index (χ3n) is 4.68. The predicted octanol–water partition coefficient (Wildman–Crippen LogP) is 1.85. The largest absolute Gasteiger partial charge is 0.508 e. The number of aromatic nitrogens is 2. The number of para-hydroxylation sites is 1. The fraction of sp³-hybridized carbons (Fsp3) is 0.273. The lowest BCUT2D eigenvalue weighted by Crippen LogP contribution is -2.43. The number of aromatic amines is 1. The second kappa shape index (κ2) is 9.69. The van der Waals surface area contributed by atoms with Crippen molar-refractivity contribution in [1.29, 1.82) is 0 Å². The van der Waals surface area contributed by atoms with Crippen molar-refractivity contribution < 1.29 is 19.4 Å². The lowest BCUT2D eigenvalue weighted by atomic mass is 10.1. The Balaban J connectivity index is 1.57. The predicted molar refractivity (Wildman–Crippen MR) is 111 cm³/mol. The van der Waals surface area contributed by atoms with Crippen LogP contribution in [0.15, 0.2) is 53.3 Å². The summed E-state index contributed by atoms with van der Waals surface area (Å²) >= 11 is 0. The van der Waals surface area contributed by atoms with Gasteiger partial charge in [0, 0.05) is 19.3 Å². The Kier molecular flexibility index (Phi) is 6.79. The molecule has 1 amide bonds. The molecule has 3 aromatic rings. The molecule has 156 valence electrons. The number of rotatable bonds is 8. The number of phenols is 1. The molecular formula is C22H23N3O5. The van der Waals surface area contributed by atoms with E-state index in [4.69, 9.17) is 4.74 Å². The van der Waals surface area contributed by atoms with Gasteiger partial charge in [-0.3, -0.25) is 9.59 Å². The summed E-state index contributed by atoms with van der Waals surface area (Å²) in [5.41, 5.74) is 1.18. The van der Waals surface area contributed by atoms with E-state index in [0.717, 1.165) is 5.56 Å². The minimum Gasteiger partial charge on any atom is -0.508 e. The molecule has 1 atom stereocenters. The summed E-state index contributed by atoms with van der Waals surface area (Å²) in [6, 6.07) is 12.6. The van der Waals surface area contributed by atoms with E-state index in [1.165, 1.54) is 19.2 Å². The van der Waals surface area contributed by atoms with Gasteiger partial charge in [0.1, 0.15) is 17.6 Å². The van der Waals surface area contributed by atoms with Crippen LogP contribution in [0.3, 0.4) is 0 Å². The second-order valence-electron chi connectivity index (χ2n) is 6.90. The van der Waals surface area contributed by atoms with Crippen molar-refractivity contribution in [3.05, 3.63) is 70.3 Å². The summed E-state index contributed by atoms with van der Waals surface area (Å²) in [6.45, 7) is 0. The van der Waals surface area contributed by atoms with Gasteiger partial charge in [-0.25, -0.2) is 9.78 Å². The highest BCUT2D eigenvalue weighted by molar-refractivity contribution is 5.84. The van der Waals surface area contributed by atoms with Crippen LogP contribution >= 0.6 is 0 Å². The molecule has 0 aliphatic rings. The van der Waals surface area contributed by atoms with Crippen LogP contribution in [0.4, 0.5) is 0 Å². The van der Waals surface area contributed by atoms with Crippen molar-refractivity contribution in [1.82, 2.24) is 15.3 Å². The first-order chi connectivity index (χ1) is 14.5. The number of methoxy groups -OCH3 is 1. The molecule has 8 heteroatoms. The standard InChI is InChI=1S/C22H23N3O5/c1-30-22(29)18(13-14-9-11-15(26)12-10-14)24-20(27)8-4-7-19-23-17-6-3-2-5-16(17)21(28)25-19/h2-3,5-6,9-12,18,26H,4,7-8,13H2,1H3,(H,24,27)(H,23,25,28)/t18-/m1/s1. The summed E-state index contributed by atoms with van der Waals surface area (Å²) in [5, 5.41) is 12.6. The molecule has 2 aromatic carbocycles. The average molecular weight is 409 g/mol. The van der Waals surface area contributed by atoms with Crippen molar-refractivity contribution >= 4 is 22.8 Å². The minimum atomic E-state index is -0.828. The van der Waals surface area contributed by atoms with Crippen LogP contribution in [0.5, 0.6) is 5.75 Å². The lowest BCUT2D eigenvalue weighted by Gasteiger charge is -2.16. The zero-order valence-electron chi connectivity index (χ0n) is 16.6. The smallest absolute Gasteiger partial charge is 0.328 e. The molecule has 0 spiro atoms. The number of fused-ring (bicyclic) bond motifs is 1. The van der Waals surface area contributed by atoms with Crippen LogP contribution in [-0.4, -0.2) is 40.1 Å². The number of ether oxygens (including phenoxy) is 1. The van der Waals surface area contributed by atoms with Crippen molar-refractivity contribution in [2.24, 2.45) is 0 Å². The number of nitrogens with one attached hydrogen (secondary N) is 2. The molecule has 0 saturated carbocycles. The molecule has 0 unspecified atom stereocenters. The van der Waals surface area contributed by atoms with Gasteiger partial charge in [0.15, 0.2) is 0 Å². The average Bonchev–Trinajstić information content (AvgIpc) is 2.74. The van der Waals surface area contributed by atoms with E-state index in [-0.39, 0.29) is 30.1 Å². The molecular weight excluding hydrogens is 386 g/mol. The maximum atomic E-state index is 12.3. The molecule has 0 saturated heterocycles. The van der Waals surface area contributed by atoms with Gasteiger partial charge in [0.2, 0.25) is 5.91 Å². The van der Waals surface area contributed by atoms with Gasteiger partial charge in [-0.15, -0.1) is 0 Å². The van der Waals surface area contributed by atoms with Gasteiger partial charge in [-0.05, 0) is 36.2 Å². The maximum Gasteiger partial charge on any atom is 0.328 e. The van der Waals surface area contributed by atoms with Gasteiger partial charge in [0.25, 0.3) is 5.56 Å². The third kappa shape index (κ3) is 5.44. The van der Waals surface area contributed by atoms with Crippen molar-refractivity contribution in [2.45, 2.75) is 31.7 Å². The van der Waals surface area contributed by atoms with Gasteiger partial charge in [-0.1, -0.05) is 24.3 Å². The zero-order valence-corrected chi connectivity index (χ0v) is 16.6. The number of H-pyrrole nitrogens is 1. The van der Waals surface area contributed by atoms with Crippen LogP contribution in [0.25, 0.3) is 10.9 Å². The van der Waals surface area contributed by atoms with E-state index in [0.29, 0.717) is 29.6 Å². The Morgan fingerprint density at radius 1 is 1.17 bits per heavy atom. The monoisotopic (exact) mass is 409 g/mol. The van der Waals surface area contributed by atoms with E-state index >= 15 is 0 Å². The van der Waals surface area contributed by atoms with E-state index < -0.39 is 12.0 Å². The van der Waals surface area contributed by atoms with Crippen LogP contribution in [0, 0.1) is 0 Å². The highest BCUT2D eigenvalue weighted by atomic mass is 16.5. The third-order valence-corrected chi connectivity index (χ3v) is 4.68. The van der Waals surface area contributed by atoms with Gasteiger partial charge in [-0.2, -0.15) is 0 Å². The summed E-state index contributed by atoms with van der Waals surface area (Å²) in [7, 11) is 1.26. The lowest BCUT2D eigenvalue weighted by molar-refractivity contribution is -0.145. The second-order valence-corrected chi connectivity index (χ2v) is 6.90. The van der Waals surface area contributed by atoms with Crippen molar-refractivity contribution in [2.75, 3.05) is 7.11 Å². The van der Waals surface area contributed by atoms with Crippen LogP contribution in [-0.2, 0) is 27.2 Å². The molecule has 3 rings (SSSR count). The summed E-state index contributed by atoms with van der Waals surface area (Å²) in [4.78, 5) is 43.6. The van der Waals surface area contributed by atoms with E-state index in [1.54, 1.807) is 30.3 Å². The molecule has 30 heavy (non-hydrogen) atoms. The fourth-order valence-electron chi connectivity index (χ4n) is 3.14. The molecule has 0 radical (unpaired) electrons. The summed E-state index contributed by atoms with van der Waals surface area (Å²) in [5.74, 6) is -0.206. The number of carbonyl (C=O) groups is 2. The van der Waals surface area contributed by atoms with Gasteiger partial charge < -0.3 is 20.1 Å². The number of nitrogens with zero attached hydrogens (tertiary/aromatic N) is 1. The molecule has 1 aromatic heterocycles. The van der Waals surface area contributed by atoms with E-state index in [2.05, 4.69) is 15.3 Å². The number of aryl methyl sites for hydroxylation is 1. The van der Waals surface area contributed by atoms with E-state index in [1.807, 2.05) is 6.07 Å². The first-order valence-corrected chi connectivity index (χ1v) is 9.59.